The molecule has 1 aliphatic heterocycles. The van der Waals surface area contributed by atoms with Gasteiger partial charge in [-0.1, -0.05) is 0 Å². The van der Waals surface area contributed by atoms with Crippen LogP contribution in [0.3, 0.4) is 0 Å². The highest BCUT2D eigenvalue weighted by atomic mass is 16.3. The van der Waals surface area contributed by atoms with E-state index in [1.807, 2.05) is 7.05 Å². The average molecular weight is 198 g/mol. The standard InChI is InChI=1S/C10H18N2O2/c1-7-5-12(8-3-4-8)9(6-13)10(14)11(7)2/h7-9,13H,3-6H2,1-2H3. The van der Waals surface area contributed by atoms with Crippen LogP contribution in [0.4, 0.5) is 0 Å². The molecule has 1 amide bonds. The Morgan fingerprint density at radius 3 is 2.64 bits per heavy atom. The first-order chi connectivity index (χ1) is 6.65. The highest BCUT2D eigenvalue weighted by molar-refractivity contribution is 5.83. The topological polar surface area (TPSA) is 43.8 Å². The lowest BCUT2D eigenvalue weighted by Gasteiger charge is -2.42. The van der Waals surface area contributed by atoms with E-state index in [1.54, 1.807) is 4.90 Å². The van der Waals surface area contributed by atoms with Crippen molar-refractivity contribution in [1.82, 2.24) is 9.80 Å². The van der Waals surface area contributed by atoms with Crippen LogP contribution in [0.2, 0.25) is 0 Å². The molecule has 1 saturated heterocycles. The average Bonchev–Trinajstić information content (AvgIpc) is 2.97. The van der Waals surface area contributed by atoms with Crippen molar-refractivity contribution < 1.29 is 9.90 Å². The second kappa shape index (κ2) is 3.51. The van der Waals surface area contributed by atoms with Crippen LogP contribution in [0.1, 0.15) is 19.8 Å². The molecule has 2 unspecified atom stereocenters. The number of hydrogen-bond acceptors (Lipinski definition) is 3. The van der Waals surface area contributed by atoms with E-state index >= 15 is 0 Å². The van der Waals surface area contributed by atoms with Crippen LogP contribution in [0, 0.1) is 0 Å². The summed E-state index contributed by atoms with van der Waals surface area (Å²) in [5, 5.41) is 9.22. The number of amides is 1. The Kier molecular flexibility index (Phi) is 2.49. The van der Waals surface area contributed by atoms with Gasteiger partial charge in [0.15, 0.2) is 0 Å². The van der Waals surface area contributed by atoms with Gasteiger partial charge in [-0.3, -0.25) is 9.69 Å². The van der Waals surface area contributed by atoms with Crippen molar-refractivity contribution in [1.29, 1.82) is 0 Å². The van der Waals surface area contributed by atoms with Crippen LogP contribution in [-0.2, 0) is 4.79 Å². The molecule has 14 heavy (non-hydrogen) atoms. The van der Waals surface area contributed by atoms with Crippen LogP contribution in [-0.4, -0.2) is 59.1 Å². The fourth-order valence-electron chi connectivity index (χ4n) is 2.14. The molecule has 1 saturated carbocycles. The third-order valence-electron chi connectivity index (χ3n) is 3.36. The van der Waals surface area contributed by atoms with Crippen LogP contribution in [0.15, 0.2) is 0 Å². The first-order valence-corrected chi connectivity index (χ1v) is 5.28. The molecule has 0 bridgehead atoms. The Labute approximate surface area is 84.5 Å². The molecule has 0 radical (unpaired) electrons. The molecule has 80 valence electrons. The highest BCUT2D eigenvalue weighted by Crippen LogP contribution is 2.31. The van der Waals surface area contributed by atoms with E-state index in [4.69, 9.17) is 0 Å². The predicted octanol–water partition coefficient (Wildman–Crippen LogP) is -0.328. The number of piperazine rings is 1. The molecule has 4 heteroatoms. The van der Waals surface area contributed by atoms with E-state index in [9.17, 15) is 9.90 Å². The zero-order chi connectivity index (χ0) is 10.3. The Bertz CT molecular complexity index is 240. The number of likely N-dealkylation sites (N-methyl/N-ethyl adjacent to an activating group) is 1. The predicted molar refractivity (Wildman–Crippen MR) is 52.8 cm³/mol. The zero-order valence-electron chi connectivity index (χ0n) is 8.81. The van der Waals surface area contributed by atoms with Crippen molar-refractivity contribution >= 4 is 5.91 Å². The quantitative estimate of drug-likeness (QED) is 0.661. The third-order valence-corrected chi connectivity index (χ3v) is 3.36. The number of aliphatic hydroxyl groups excluding tert-OH is 1. The summed E-state index contributed by atoms with van der Waals surface area (Å²) in [5.74, 6) is 0.0677. The number of carbonyl (C=O) groups excluding carboxylic acids is 1. The van der Waals surface area contributed by atoms with Crippen molar-refractivity contribution in [2.75, 3.05) is 20.2 Å². The molecular formula is C10H18N2O2. The molecule has 1 aliphatic carbocycles. The van der Waals surface area contributed by atoms with Gasteiger partial charge in [-0.25, -0.2) is 0 Å². The molecule has 1 N–H and O–H groups in total. The Balaban J connectivity index is 2.12. The van der Waals surface area contributed by atoms with E-state index in [-0.39, 0.29) is 24.6 Å². The van der Waals surface area contributed by atoms with Gasteiger partial charge in [-0.2, -0.15) is 0 Å². The van der Waals surface area contributed by atoms with Gasteiger partial charge >= 0.3 is 0 Å². The number of rotatable bonds is 2. The molecule has 2 aliphatic rings. The Morgan fingerprint density at radius 1 is 1.50 bits per heavy atom. The Morgan fingerprint density at radius 2 is 2.14 bits per heavy atom. The summed E-state index contributed by atoms with van der Waals surface area (Å²) in [7, 11) is 1.82. The maximum atomic E-state index is 11.8. The molecule has 2 rings (SSSR count). The molecular weight excluding hydrogens is 180 g/mol. The summed E-state index contributed by atoms with van der Waals surface area (Å²) in [6, 6.07) is 0.529. The normalized spacial score (nSPS) is 35.1. The molecule has 4 nitrogen and oxygen atoms in total. The van der Waals surface area contributed by atoms with Crippen molar-refractivity contribution in [3.8, 4) is 0 Å². The minimum absolute atomic E-state index is 0.0492. The van der Waals surface area contributed by atoms with Crippen molar-refractivity contribution in [3.63, 3.8) is 0 Å². The smallest absolute Gasteiger partial charge is 0.242 e. The van der Waals surface area contributed by atoms with E-state index < -0.39 is 0 Å². The zero-order valence-corrected chi connectivity index (χ0v) is 8.81. The minimum Gasteiger partial charge on any atom is -0.394 e. The van der Waals surface area contributed by atoms with Gasteiger partial charge in [0.25, 0.3) is 0 Å². The van der Waals surface area contributed by atoms with Gasteiger partial charge in [-0.15, -0.1) is 0 Å². The fraction of sp³-hybridized carbons (Fsp3) is 0.900. The number of carbonyl (C=O) groups is 1. The molecule has 2 fully saturated rings. The van der Waals surface area contributed by atoms with Crippen LogP contribution in [0.25, 0.3) is 0 Å². The molecule has 0 aromatic heterocycles. The lowest BCUT2D eigenvalue weighted by molar-refractivity contribution is -0.145. The van der Waals surface area contributed by atoms with Gasteiger partial charge in [0, 0.05) is 25.7 Å². The number of nitrogens with zero attached hydrogens (tertiary/aromatic N) is 2. The Hall–Kier alpha value is -0.610. The molecule has 1 heterocycles. The van der Waals surface area contributed by atoms with E-state index in [0.29, 0.717) is 6.04 Å². The van der Waals surface area contributed by atoms with E-state index in [0.717, 1.165) is 6.54 Å². The number of aliphatic hydroxyl groups is 1. The SMILES string of the molecule is CC1CN(C2CC2)C(CO)C(=O)N1C. The van der Waals surface area contributed by atoms with Gasteiger partial charge in [0.1, 0.15) is 6.04 Å². The van der Waals surface area contributed by atoms with Gasteiger partial charge in [0.2, 0.25) is 5.91 Å². The maximum Gasteiger partial charge on any atom is 0.242 e. The van der Waals surface area contributed by atoms with Gasteiger partial charge in [0.05, 0.1) is 6.61 Å². The molecule has 2 atom stereocenters. The van der Waals surface area contributed by atoms with Crippen molar-refractivity contribution in [3.05, 3.63) is 0 Å². The molecule has 0 aromatic carbocycles. The third kappa shape index (κ3) is 1.53. The lowest BCUT2D eigenvalue weighted by atomic mass is 10.1. The minimum atomic E-state index is -0.288. The monoisotopic (exact) mass is 198 g/mol. The van der Waals surface area contributed by atoms with Crippen LogP contribution < -0.4 is 0 Å². The summed E-state index contributed by atoms with van der Waals surface area (Å²) >= 11 is 0. The lowest BCUT2D eigenvalue weighted by Crippen LogP contribution is -2.61. The summed E-state index contributed by atoms with van der Waals surface area (Å²) in [6.07, 6.45) is 2.36. The highest BCUT2D eigenvalue weighted by Gasteiger charge is 2.42. The molecule has 0 aromatic rings. The maximum absolute atomic E-state index is 11.8. The largest absolute Gasteiger partial charge is 0.394 e. The number of hydrogen-bond donors (Lipinski definition) is 1. The van der Waals surface area contributed by atoms with E-state index in [2.05, 4.69) is 11.8 Å². The fourth-order valence-corrected chi connectivity index (χ4v) is 2.14. The van der Waals surface area contributed by atoms with Crippen LogP contribution >= 0.6 is 0 Å². The first kappa shape index (κ1) is 9.93. The van der Waals surface area contributed by atoms with Gasteiger partial charge < -0.3 is 10.0 Å². The van der Waals surface area contributed by atoms with Crippen molar-refractivity contribution in [2.24, 2.45) is 0 Å². The van der Waals surface area contributed by atoms with E-state index in [1.165, 1.54) is 12.8 Å². The summed E-state index contributed by atoms with van der Waals surface area (Å²) < 4.78 is 0. The van der Waals surface area contributed by atoms with Gasteiger partial charge in [-0.05, 0) is 19.8 Å². The van der Waals surface area contributed by atoms with Crippen LogP contribution in [0.5, 0.6) is 0 Å². The molecule has 0 spiro atoms. The summed E-state index contributed by atoms with van der Waals surface area (Å²) in [4.78, 5) is 15.8. The summed E-state index contributed by atoms with van der Waals surface area (Å²) in [6.45, 7) is 2.91. The first-order valence-electron chi connectivity index (χ1n) is 5.28. The summed E-state index contributed by atoms with van der Waals surface area (Å²) in [5.41, 5.74) is 0. The second-order valence-electron chi connectivity index (χ2n) is 4.42. The second-order valence-corrected chi connectivity index (χ2v) is 4.42. The van der Waals surface area contributed by atoms with Crippen molar-refractivity contribution in [2.45, 2.75) is 37.9 Å².